The third-order valence-electron chi connectivity index (χ3n) is 5.97. The molecule has 2 heterocycles. The lowest BCUT2D eigenvalue weighted by Crippen LogP contribution is -2.21. The van der Waals surface area contributed by atoms with Crippen LogP contribution in [0.3, 0.4) is 0 Å². The monoisotopic (exact) mass is 471 g/mol. The molecule has 0 aliphatic heterocycles. The Bertz CT molecular complexity index is 953. The number of nitrogens with one attached hydrogen (secondary N) is 3. The van der Waals surface area contributed by atoms with Crippen molar-refractivity contribution in [2.75, 3.05) is 37.4 Å². The van der Waals surface area contributed by atoms with Gasteiger partial charge in [-0.1, -0.05) is 48.0 Å². The van der Waals surface area contributed by atoms with E-state index < -0.39 is 0 Å². The van der Waals surface area contributed by atoms with E-state index in [9.17, 15) is 5.11 Å². The summed E-state index contributed by atoms with van der Waals surface area (Å²) in [6.07, 6.45) is 3.96. The largest absolute Gasteiger partial charge is 0.461 e. The number of aromatic nitrogens is 2. The highest BCUT2D eigenvalue weighted by molar-refractivity contribution is 5.77. The van der Waals surface area contributed by atoms with Crippen LogP contribution in [0.15, 0.2) is 16.2 Å². The maximum Gasteiger partial charge on any atom is 0.224 e. The fourth-order valence-electron chi connectivity index (χ4n) is 3.70. The molecule has 2 rings (SSSR count). The first kappa shape index (κ1) is 27.7. The molecular formula is C27H45N5O2. The average molecular weight is 472 g/mol. The van der Waals surface area contributed by atoms with Crippen LogP contribution in [0.4, 0.5) is 11.8 Å². The van der Waals surface area contributed by atoms with Crippen LogP contribution >= 0.6 is 0 Å². The number of allylic oxidation sites excluding steroid dienone is 1. The molecule has 7 nitrogen and oxygen atoms in total. The maximum atomic E-state index is 9.57. The topological polar surface area (TPSA) is 95.2 Å². The van der Waals surface area contributed by atoms with Crippen LogP contribution < -0.4 is 16.0 Å². The van der Waals surface area contributed by atoms with E-state index in [0.29, 0.717) is 18.4 Å². The number of nitrogens with zero attached hydrogens (tertiary/aromatic N) is 2. The van der Waals surface area contributed by atoms with E-state index in [4.69, 9.17) is 14.4 Å². The van der Waals surface area contributed by atoms with Gasteiger partial charge in [-0.3, -0.25) is 0 Å². The summed E-state index contributed by atoms with van der Waals surface area (Å²) < 4.78 is 6.22. The van der Waals surface area contributed by atoms with Crippen molar-refractivity contribution >= 4 is 17.8 Å². The molecular weight excluding hydrogens is 426 g/mol. The second kappa shape index (κ2) is 12.2. The normalized spacial score (nSPS) is 13.3. The van der Waals surface area contributed by atoms with Crippen molar-refractivity contribution in [2.45, 2.75) is 68.2 Å². The maximum absolute atomic E-state index is 9.57. The molecule has 0 amide bonds. The Labute approximate surface area is 205 Å². The number of anilines is 2. The fraction of sp³-hybridized carbons (Fsp3) is 0.630. The lowest BCUT2D eigenvalue weighted by atomic mass is 9.97. The highest BCUT2D eigenvalue weighted by Crippen LogP contribution is 2.34. The van der Waals surface area contributed by atoms with Gasteiger partial charge in [0, 0.05) is 38.0 Å². The van der Waals surface area contributed by atoms with Crippen LogP contribution in [0.5, 0.6) is 0 Å². The van der Waals surface area contributed by atoms with Crippen molar-refractivity contribution < 1.29 is 9.52 Å². The Morgan fingerprint density at radius 3 is 2.44 bits per heavy atom. The Kier molecular flexibility index (Phi) is 9.98. The minimum absolute atomic E-state index is 0.111. The fourth-order valence-corrected chi connectivity index (χ4v) is 3.70. The highest BCUT2D eigenvalue weighted by atomic mass is 16.3. The lowest BCUT2D eigenvalue weighted by Gasteiger charge is -2.20. The van der Waals surface area contributed by atoms with Gasteiger partial charge in [0.25, 0.3) is 0 Å². The zero-order valence-electron chi connectivity index (χ0n) is 22.6. The number of hydrogen-bond donors (Lipinski definition) is 4. The molecule has 0 aliphatic carbocycles. The number of hydrogen-bond acceptors (Lipinski definition) is 7. The molecule has 190 valence electrons. The number of aliphatic hydroxyl groups is 1. The summed E-state index contributed by atoms with van der Waals surface area (Å²) in [5.74, 6) is 3.62. The van der Waals surface area contributed by atoms with Crippen molar-refractivity contribution in [1.29, 1.82) is 0 Å². The van der Waals surface area contributed by atoms with Gasteiger partial charge < -0.3 is 25.5 Å². The van der Waals surface area contributed by atoms with Crippen molar-refractivity contribution in [2.24, 2.45) is 17.3 Å². The third kappa shape index (κ3) is 7.76. The molecule has 0 radical (unpaired) electrons. The van der Waals surface area contributed by atoms with Gasteiger partial charge in [0.05, 0.1) is 11.3 Å². The number of aryl methyl sites for hydroxylation is 2. The SMILES string of the molecule is CCC(CO)CCNc1nc(NCC(C)(C)C)nc(C)c1-c1cc(/C=C(\NC)C(C)C)c(C)o1. The molecule has 2 aromatic heterocycles. The van der Waals surface area contributed by atoms with Gasteiger partial charge >= 0.3 is 0 Å². The van der Waals surface area contributed by atoms with Crippen molar-refractivity contribution in [3.63, 3.8) is 0 Å². The minimum Gasteiger partial charge on any atom is -0.461 e. The molecule has 1 unspecified atom stereocenters. The molecule has 0 aromatic carbocycles. The number of furan rings is 1. The Morgan fingerprint density at radius 2 is 1.88 bits per heavy atom. The second-order valence-electron chi connectivity index (χ2n) is 10.6. The first-order valence-corrected chi connectivity index (χ1v) is 12.5. The smallest absolute Gasteiger partial charge is 0.224 e. The van der Waals surface area contributed by atoms with E-state index in [-0.39, 0.29) is 17.9 Å². The Morgan fingerprint density at radius 1 is 1.18 bits per heavy atom. The van der Waals surface area contributed by atoms with Crippen molar-refractivity contribution in [3.05, 3.63) is 28.8 Å². The van der Waals surface area contributed by atoms with Crippen LogP contribution in [0.2, 0.25) is 0 Å². The second-order valence-corrected chi connectivity index (χ2v) is 10.6. The van der Waals surface area contributed by atoms with Crippen LogP contribution in [-0.2, 0) is 0 Å². The van der Waals surface area contributed by atoms with Gasteiger partial charge in [0.15, 0.2) is 0 Å². The summed E-state index contributed by atoms with van der Waals surface area (Å²) in [6, 6.07) is 2.07. The van der Waals surface area contributed by atoms with E-state index in [1.54, 1.807) is 0 Å². The van der Waals surface area contributed by atoms with Gasteiger partial charge in [0.2, 0.25) is 5.95 Å². The molecule has 4 N–H and O–H groups in total. The molecule has 0 aliphatic rings. The summed E-state index contributed by atoms with van der Waals surface area (Å²) in [7, 11) is 1.95. The first-order chi connectivity index (χ1) is 16.0. The van der Waals surface area contributed by atoms with Gasteiger partial charge in [-0.2, -0.15) is 4.98 Å². The summed E-state index contributed by atoms with van der Waals surface area (Å²) >= 11 is 0. The van der Waals surface area contributed by atoms with Crippen molar-refractivity contribution in [1.82, 2.24) is 15.3 Å². The third-order valence-corrected chi connectivity index (χ3v) is 5.97. The van der Waals surface area contributed by atoms with E-state index in [2.05, 4.69) is 69.6 Å². The average Bonchev–Trinajstić information content (AvgIpc) is 3.12. The van der Waals surface area contributed by atoms with Gasteiger partial charge in [-0.25, -0.2) is 4.98 Å². The van der Waals surface area contributed by atoms with Crippen LogP contribution in [0, 0.1) is 31.1 Å². The van der Waals surface area contributed by atoms with Crippen molar-refractivity contribution in [3.8, 4) is 11.3 Å². The van der Waals surface area contributed by atoms with Crippen LogP contribution in [0.25, 0.3) is 17.4 Å². The van der Waals surface area contributed by atoms with Gasteiger partial charge in [-0.05, 0) is 49.7 Å². The number of aliphatic hydroxyl groups excluding tert-OH is 1. The zero-order valence-corrected chi connectivity index (χ0v) is 22.6. The van der Waals surface area contributed by atoms with E-state index in [0.717, 1.165) is 59.2 Å². The number of rotatable bonds is 12. The summed E-state index contributed by atoms with van der Waals surface area (Å²) in [6.45, 7) is 18.6. The summed E-state index contributed by atoms with van der Waals surface area (Å²) in [4.78, 5) is 9.57. The van der Waals surface area contributed by atoms with E-state index in [1.807, 2.05) is 20.9 Å². The van der Waals surface area contributed by atoms with E-state index >= 15 is 0 Å². The summed E-state index contributed by atoms with van der Waals surface area (Å²) in [5.41, 5.74) is 4.03. The molecule has 1 atom stereocenters. The standard InChI is InChI=1S/C27H45N5O2/c1-10-20(15-33)11-12-29-25-24(18(4)31-26(32-25)30-16-27(6,7)8)23-14-21(19(5)34-23)13-22(28-9)17(2)3/h13-14,17,20,28,33H,10-12,15-16H2,1-9H3,(H2,29,30,31,32)/b22-13-. The summed E-state index contributed by atoms with van der Waals surface area (Å²) in [5, 5.41) is 19.7. The van der Waals surface area contributed by atoms with Crippen LogP contribution in [0.1, 0.15) is 71.4 Å². The quantitative estimate of drug-likeness (QED) is 0.308. The predicted octanol–water partition coefficient (Wildman–Crippen LogP) is 5.85. The molecule has 7 heteroatoms. The minimum atomic E-state index is 0.111. The Hall–Kier alpha value is -2.54. The molecule has 2 aromatic rings. The molecule has 0 spiro atoms. The highest BCUT2D eigenvalue weighted by Gasteiger charge is 2.20. The predicted molar refractivity (Wildman–Crippen MR) is 143 cm³/mol. The molecule has 0 fully saturated rings. The first-order valence-electron chi connectivity index (χ1n) is 12.5. The zero-order chi connectivity index (χ0) is 25.5. The van der Waals surface area contributed by atoms with Gasteiger partial charge in [0.1, 0.15) is 17.3 Å². The van der Waals surface area contributed by atoms with Gasteiger partial charge in [-0.15, -0.1) is 0 Å². The molecule has 0 bridgehead atoms. The Balaban J connectivity index is 2.46. The molecule has 0 saturated carbocycles. The van der Waals surface area contributed by atoms with Crippen LogP contribution in [-0.4, -0.2) is 41.8 Å². The van der Waals surface area contributed by atoms with E-state index in [1.165, 1.54) is 0 Å². The molecule has 34 heavy (non-hydrogen) atoms. The lowest BCUT2D eigenvalue weighted by molar-refractivity contribution is 0.217. The molecule has 0 saturated heterocycles.